The molecular weight excluding hydrogens is 390 g/mol. The molecule has 0 aromatic rings. The van der Waals surface area contributed by atoms with Gasteiger partial charge in [0.05, 0.1) is 26.4 Å². The fourth-order valence-electron chi connectivity index (χ4n) is 7.55. The molecule has 0 amide bonds. The molecule has 3 aliphatic carbocycles. The van der Waals surface area contributed by atoms with Crippen LogP contribution < -0.4 is 5.32 Å². The number of ether oxygens (including phenoxy) is 3. The second-order valence-electron chi connectivity index (χ2n) is 11.1. The first-order chi connectivity index (χ1) is 14.9. The van der Waals surface area contributed by atoms with E-state index in [9.17, 15) is 4.79 Å². The second kappa shape index (κ2) is 9.52. The Hall–Kier alpha value is -0.910. The fraction of sp³-hybridized carbons (Fsp3) is 0.885. The molecule has 0 spiro atoms. The van der Waals surface area contributed by atoms with Crippen molar-refractivity contribution in [3.05, 3.63) is 12.2 Å². The van der Waals surface area contributed by atoms with Crippen molar-refractivity contribution in [1.29, 1.82) is 0 Å². The van der Waals surface area contributed by atoms with E-state index >= 15 is 0 Å². The minimum atomic E-state index is -0.200. The maximum absolute atomic E-state index is 11.3. The molecule has 1 saturated heterocycles. The lowest BCUT2D eigenvalue weighted by atomic mass is 9.46. The van der Waals surface area contributed by atoms with E-state index in [-0.39, 0.29) is 23.1 Å². The van der Waals surface area contributed by atoms with Crippen molar-refractivity contribution in [2.75, 3.05) is 26.8 Å². The van der Waals surface area contributed by atoms with Gasteiger partial charge in [0, 0.05) is 11.3 Å². The standard InChI is InChI=1S/C26H43NO4/c1-18-11-12-21-25(2,20(18)10-7-15-27-16-23(28)29-4)14-13-22-26(21,3)17-30-24(31-22)19-8-5-6-9-19/h19-22,24,27H,1,5-17H2,2-4H3/t20-,21?,22-,24-,25+,26+/m1/s1. The lowest BCUT2D eigenvalue weighted by molar-refractivity contribution is -0.316. The highest BCUT2D eigenvalue weighted by Crippen LogP contribution is 2.63. The molecule has 1 heterocycles. The van der Waals surface area contributed by atoms with Crippen LogP contribution in [0.4, 0.5) is 0 Å². The Morgan fingerprint density at radius 1 is 1.19 bits per heavy atom. The summed E-state index contributed by atoms with van der Waals surface area (Å²) in [5.41, 5.74) is 1.79. The smallest absolute Gasteiger partial charge is 0.319 e. The highest BCUT2D eigenvalue weighted by Gasteiger charge is 2.60. The molecule has 0 radical (unpaired) electrons. The number of nitrogens with one attached hydrogen (secondary N) is 1. The van der Waals surface area contributed by atoms with Crippen LogP contribution in [0.15, 0.2) is 12.2 Å². The zero-order valence-electron chi connectivity index (χ0n) is 19.9. The van der Waals surface area contributed by atoms with Gasteiger partial charge in [-0.25, -0.2) is 0 Å². The Balaban J connectivity index is 1.39. The lowest BCUT2D eigenvalue weighted by Crippen LogP contribution is -2.61. The minimum absolute atomic E-state index is 0.0279. The average molecular weight is 434 g/mol. The Morgan fingerprint density at radius 3 is 2.71 bits per heavy atom. The molecule has 4 fully saturated rings. The van der Waals surface area contributed by atoms with Crippen LogP contribution in [-0.4, -0.2) is 45.2 Å². The van der Waals surface area contributed by atoms with Gasteiger partial charge in [0.15, 0.2) is 6.29 Å². The summed E-state index contributed by atoms with van der Waals surface area (Å²) >= 11 is 0. The Bertz CT molecular complexity index is 660. The summed E-state index contributed by atoms with van der Waals surface area (Å²) in [7, 11) is 1.43. The quantitative estimate of drug-likeness (QED) is 0.353. The van der Waals surface area contributed by atoms with Crippen LogP contribution in [-0.2, 0) is 19.0 Å². The fourth-order valence-corrected chi connectivity index (χ4v) is 7.55. The van der Waals surface area contributed by atoms with E-state index in [1.54, 1.807) is 0 Å². The molecule has 176 valence electrons. The van der Waals surface area contributed by atoms with E-state index in [1.807, 2.05) is 0 Å². The summed E-state index contributed by atoms with van der Waals surface area (Å²) in [4.78, 5) is 11.3. The number of methoxy groups -OCH3 is 1. The van der Waals surface area contributed by atoms with E-state index in [2.05, 4.69) is 25.7 Å². The van der Waals surface area contributed by atoms with Crippen molar-refractivity contribution in [1.82, 2.24) is 5.32 Å². The SMILES string of the molecule is C=C1CCC2[C@]3(C)CO[C@@H](C4CCCC4)O[C@@H]3CC[C@@]2(C)[C@@H]1CCCNCC(=O)OC. The molecule has 0 bridgehead atoms. The molecule has 0 aromatic heterocycles. The van der Waals surface area contributed by atoms with Crippen LogP contribution in [0.1, 0.15) is 78.1 Å². The van der Waals surface area contributed by atoms with Crippen LogP contribution in [0.5, 0.6) is 0 Å². The van der Waals surface area contributed by atoms with Gasteiger partial charge in [-0.15, -0.1) is 0 Å². The molecule has 5 nitrogen and oxygen atoms in total. The number of rotatable bonds is 7. The van der Waals surface area contributed by atoms with Crippen LogP contribution >= 0.6 is 0 Å². The zero-order valence-corrected chi connectivity index (χ0v) is 19.9. The van der Waals surface area contributed by atoms with Gasteiger partial charge in [-0.3, -0.25) is 4.79 Å². The van der Waals surface area contributed by atoms with Crippen molar-refractivity contribution < 1.29 is 19.0 Å². The summed E-state index contributed by atoms with van der Waals surface area (Å²) in [6, 6.07) is 0. The third-order valence-electron chi connectivity index (χ3n) is 9.30. The van der Waals surface area contributed by atoms with Gasteiger partial charge in [-0.05, 0) is 75.2 Å². The number of carbonyl (C=O) groups is 1. The topological polar surface area (TPSA) is 56.8 Å². The van der Waals surface area contributed by atoms with Crippen molar-refractivity contribution in [2.45, 2.75) is 90.4 Å². The largest absolute Gasteiger partial charge is 0.468 e. The van der Waals surface area contributed by atoms with E-state index < -0.39 is 0 Å². The first-order valence-corrected chi connectivity index (χ1v) is 12.6. The normalized spacial score (nSPS) is 40.9. The third-order valence-corrected chi connectivity index (χ3v) is 9.30. The van der Waals surface area contributed by atoms with Crippen LogP contribution in [0.2, 0.25) is 0 Å². The van der Waals surface area contributed by atoms with Gasteiger partial charge in [0.25, 0.3) is 0 Å². The zero-order chi connectivity index (χ0) is 22.1. The van der Waals surface area contributed by atoms with Gasteiger partial charge in [-0.2, -0.15) is 0 Å². The summed E-state index contributed by atoms with van der Waals surface area (Å²) in [5.74, 6) is 1.56. The Labute approximate surface area is 188 Å². The molecule has 4 aliphatic rings. The van der Waals surface area contributed by atoms with Gasteiger partial charge in [-0.1, -0.05) is 38.8 Å². The molecular formula is C26H43NO4. The molecule has 1 aliphatic heterocycles. The van der Waals surface area contributed by atoms with Crippen molar-refractivity contribution >= 4 is 5.97 Å². The highest BCUT2D eigenvalue weighted by molar-refractivity contribution is 5.71. The van der Waals surface area contributed by atoms with E-state index in [1.165, 1.54) is 51.2 Å². The van der Waals surface area contributed by atoms with Crippen LogP contribution in [0, 0.1) is 28.6 Å². The molecule has 31 heavy (non-hydrogen) atoms. The molecule has 4 rings (SSSR count). The Morgan fingerprint density at radius 2 is 1.97 bits per heavy atom. The maximum atomic E-state index is 11.3. The lowest BCUT2D eigenvalue weighted by Gasteiger charge is -2.63. The summed E-state index contributed by atoms with van der Waals surface area (Å²) in [5, 5.41) is 3.22. The summed E-state index contributed by atoms with van der Waals surface area (Å²) in [6.45, 7) is 11.4. The van der Waals surface area contributed by atoms with E-state index in [4.69, 9.17) is 14.2 Å². The summed E-state index contributed by atoms with van der Waals surface area (Å²) < 4.78 is 17.8. The number of hydrogen-bond donors (Lipinski definition) is 1. The van der Waals surface area contributed by atoms with E-state index in [0.717, 1.165) is 38.8 Å². The number of hydrogen-bond acceptors (Lipinski definition) is 5. The van der Waals surface area contributed by atoms with Crippen LogP contribution in [0.25, 0.3) is 0 Å². The first kappa shape index (κ1) is 23.3. The number of fused-ring (bicyclic) bond motifs is 3. The third kappa shape index (κ3) is 4.47. The average Bonchev–Trinajstić information content (AvgIpc) is 3.29. The van der Waals surface area contributed by atoms with Gasteiger partial charge in [0.2, 0.25) is 0 Å². The number of esters is 1. The number of carbonyl (C=O) groups excluding carboxylic acids is 1. The molecule has 3 saturated carbocycles. The van der Waals surface area contributed by atoms with E-state index in [0.29, 0.717) is 30.4 Å². The molecule has 6 atom stereocenters. The van der Waals surface area contributed by atoms with Crippen molar-refractivity contribution in [3.63, 3.8) is 0 Å². The van der Waals surface area contributed by atoms with Gasteiger partial charge < -0.3 is 19.5 Å². The van der Waals surface area contributed by atoms with Gasteiger partial charge in [0.1, 0.15) is 0 Å². The predicted molar refractivity (Wildman–Crippen MR) is 121 cm³/mol. The Kier molecular flexibility index (Phi) is 7.15. The summed E-state index contributed by atoms with van der Waals surface area (Å²) in [6.07, 6.45) is 12.4. The second-order valence-corrected chi connectivity index (χ2v) is 11.1. The first-order valence-electron chi connectivity index (χ1n) is 12.6. The van der Waals surface area contributed by atoms with Gasteiger partial charge >= 0.3 is 5.97 Å². The molecule has 5 heteroatoms. The minimum Gasteiger partial charge on any atom is -0.468 e. The molecule has 1 N–H and O–H groups in total. The molecule has 1 unspecified atom stereocenters. The van der Waals surface area contributed by atoms with Crippen molar-refractivity contribution in [3.8, 4) is 0 Å². The van der Waals surface area contributed by atoms with Crippen molar-refractivity contribution in [2.24, 2.45) is 28.6 Å². The predicted octanol–water partition coefficient (Wildman–Crippen LogP) is 4.85. The number of allylic oxidation sites excluding steroid dienone is 1. The highest BCUT2D eigenvalue weighted by atomic mass is 16.7. The van der Waals surface area contributed by atoms with Crippen LogP contribution in [0.3, 0.4) is 0 Å². The maximum Gasteiger partial charge on any atom is 0.319 e. The molecule has 0 aromatic carbocycles. The monoisotopic (exact) mass is 433 g/mol.